The Morgan fingerprint density at radius 1 is 1.36 bits per heavy atom. The number of fused-ring (bicyclic) bond motifs is 1. The second kappa shape index (κ2) is 6.25. The van der Waals surface area contributed by atoms with Crippen molar-refractivity contribution in [3.63, 3.8) is 0 Å². The molecule has 0 radical (unpaired) electrons. The van der Waals surface area contributed by atoms with Gasteiger partial charge in [0.15, 0.2) is 4.96 Å². The molecule has 1 fully saturated rings. The molecule has 25 heavy (non-hydrogen) atoms. The number of benzene rings is 1. The maximum atomic E-state index is 13.0. The van der Waals surface area contributed by atoms with Crippen LogP contribution in [0.1, 0.15) is 16.8 Å². The van der Waals surface area contributed by atoms with E-state index in [0.717, 1.165) is 0 Å². The van der Waals surface area contributed by atoms with E-state index < -0.39 is 17.6 Å². The van der Waals surface area contributed by atoms with Crippen LogP contribution < -0.4 is 5.56 Å². The molecular formula is C17H14ClN3O3S. The molecule has 6 nitrogen and oxygen atoms in total. The molecule has 3 heterocycles. The van der Waals surface area contributed by atoms with E-state index in [1.165, 1.54) is 26.8 Å². The fourth-order valence-electron chi connectivity index (χ4n) is 2.99. The molecule has 1 atom stereocenters. The van der Waals surface area contributed by atoms with Gasteiger partial charge in [-0.3, -0.25) is 14.0 Å². The van der Waals surface area contributed by atoms with Crippen molar-refractivity contribution in [1.82, 2.24) is 14.3 Å². The van der Waals surface area contributed by atoms with Gasteiger partial charge in [-0.05, 0) is 12.5 Å². The Labute approximate surface area is 151 Å². The number of hydrogen-bond donors (Lipinski definition) is 1. The second-order valence-electron chi connectivity index (χ2n) is 5.89. The van der Waals surface area contributed by atoms with Gasteiger partial charge in [0, 0.05) is 35.3 Å². The summed E-state index contributed by atoms with van der Waals surface area (Å²) in [6.07, 6.45) is 1.30. The van der Waals surface area contributed by atoms with Crippen molar-refractivity contribution in [2.75, 3.05) is 13.1 Å². The van der Waals surface area contributed by atoms with E-state index >= 15 is 0 Å². The molecule has 128 valence electrons. The Balaban J connectivity index is 1.85. The van der Waals surface area contributed by atoms with Crippen molar-refractivity contribution in [3.8, 4) is 11.3 Å². The van der Waals surface area contributed by atoms with Gasteiger partial charge in [0.2, 0.25) is 0 Å². The van der Waals surface area contributed by atoms with Gasteiger partial charge in [0.1, 0.15) is 5.56 Å². The molecule has 0 bridgehead atoms. The van der Waals surface area contributed by atoms with Crippen LogP contribution in [0.3, 0.4) is 0 Å². The summed E-state index contributed by atoms with van der Waals surface area (Å²) in [6, 6.07) is 7.22. The van der Waals surface area contributed by atoms with Gasteiger partial charge in [-0.2, -0.15) is 0 Å². The molecular weight excluding hydrogens is 362 g/mol. The van der Waals surface area contributed by atoms with Crippen LogP contribution in [0, 0.1) is 0 Å². The number of nitrogens with zero attached hydrogens (tertiary/aromatic N) is 3. The van der Waals surface area contributed by atoms with Crippen molar-refractivity contribution in [2.24, 2.45) is 0 Å². The van der Waals surface area contributed by atoms with E-state index in [0.29, 0.717) is 34.2 Å². The third kappa shape index (κ3) is 2.74. The summed E-state index contributed by atoms with van der Waals surface area (Å²) >= 11 is 7.57. The number of amides is 1. The molecule has 4 rings (SSSR count). The Kier molecular flexibility index (Phi) is 4.07. The van der Waals surface area contributed by atoms with Gasteiger partial charge in [0.05, 0.1) is 11.8 Å². The number of hydrogen-bond acceptors (Lipinski definition) is 5. The maximum Gasteiger partial charge on any atom is 0.271 e. The highest BCUT2D eigenvalue weighted by atomic mass is 35.5. The fraction of sp³-hybridized carbons (Fsp3) is 0.235. The van der Waals surface area contributed by atoms with E-state index in [4.69, 9.17) is 11.6 Å². The van der Waals surface area contributed by atoms with Crippen LogP contribution in [0.25, 0.3) is 16.2 Å². The van der Waals surface area contributed by atoms with Crippen molar-refractivity contribution < 1.29 is 9.90 Å². The number of β-amino-alcohol motifs (C(OH)–C–C–N with tert-alkyl or cyclic N) is 1. The summed E-state index contributed by atoms with van der Waals surface area (Å²) in [5.74, 6) is -0.403. The zero-order chi connectivity index (χ0) is 17.6. The second-order valence-corrected chi connectivity index (χ2v) is 7.13. The monoisotopic (exact) mass is 375 g/mol. The summed E-state index contributed by atoms with van der Waals surface area (Å²) in [7, 11) is 0. The highest BCUT2D eigenvalue weighted by molar-refractivity contribution is 7.15. The molecule has 1 saturated heterocycles. The van der Waals surface area contributed by atoms with Crippen LogP contribution in [0.15, 0.2) is 40.6 Å². The molecule has 1 amide bonds. The number of aliphatic hydroxyl groups excluding tert-OH is 1. The largest absolute Gasteiger partial charge is 0.391 e. The maximum absolute atomic E-state index is 13.0. The number of thiazole rings is 1. The van der Waals surface area contributed by atoms with Crippen molar-refractivity contribution >= 4 is 33.8 Å². The van der Waals surface area contributed by atoms with Gasteiger partial charge < -0.3 is 10.0 Å². The Morgan fingerprint density at radius 2 is 2.16 bits per heavy atom. The van der Waals surface area contributed by atoms with E-state index in [-0.39, 0.29) is 12.1 Å². The smallest absolute Gasteiger partial charge is 0.271 e. The number of aliphatic hydroxyl groups is 1. The van der Waals surface area contributed by atoms with Gasteiger partial charge in [0.25, 0.3) is 11.5 Å². The molecule has 1 aliphatic heterocycles. The number of likely N-dealkylation sites (tertiary alicyclic amines) is 1. The lowest BCUT2D eigenvalue weighted by atomic mass is 10.2. The highest BCUT2D eigenvalue weighted by Crippen LogP contribution is 2.30. The summed E-state index contributed by atoms with van der Waals surface area (Å²) in [4.78, 5) is 31.8. The van der Waals surface area contributed by atoms with Gasteiger partial charge in [-0.25, -0.2) is 4.98 Å². The zero-order valence-corrected chi connectivity index (χ0v) is 14.6. The highest BCUT2D eigenvalue weighted by Gasteiger charge is 2.28. The lowest BCUT2D eigenvalue weighted by Crippen LogP contribution is -2.35. The SMILES string of the molecule is O=C(c1cnc2scc(-c3ccccc3Cl)n2c1=O)N1CCC(O)C1. The first-order valence-corrected chi connectivity index (χ1v) is 9.03. The van der Waals surface area contributed by atoms with Crippen molar-refractivity contribution in [3.05, 3.63) is 56.8 Å². The normalized spacial score (nSPS) is 17.4. The molecule has 1 aliphatic rings. The van der Waals surface area contributed by atoms with E-state index in [1.807, 2.05) is 18.2 Å². The van der Waals surface area contributed by atoms with Crippen molar-refractivity contribution in [2.45, 2.75) is 12.5 Å². The van der Waals surface area contributed by atoms with Gasteiger partial charge in [-0.1, -0.05) is 29.8 Å². The van der Waals surface area contributed by atoms with Crippen LogP contribution in [0.4, 0.5) is 0 Å². The third-order valence-corrected chi connectivity index (χ3v) is 5.45. The topological polar surface area (TPSA) is 74.9 Å². The standard InChI is InChI=1S/C17H14ClN3O3S/c18-13-4-2-1-3-11(13)14-9-25-17-19-7-12(16(24)21(14)17)15(23)20-6-5-10(22)8-20/h1-4,7,9-10,22H,5-6,8H2. The number of rotatable bonds is 2. The molecule has 1 aromatic carbocycles. The number of aromatic nitrogens is 2. The quantitative estimate of drug-likeness (QED) is 0.745. The molecule has 2 aromatic heterocycles. The Bertz CT molecular complexity index is 1030. The van der Waals surface area contributed by atoms with Crippen molar-refractivity contribution in [1.29, 1.82) is 0 Å². The van der Waals surface area contributed by atoms with E-state index in [9.17, 15) is 14.7 Å². The first-order chi connectivity index (χ1) is 12.1. The minimum absolute atomic E-state index is 0.00157. The molecule has 0 saturated carbocycles. The van der Waals surface area contributed by atoms with Gasteiger partial charge in [-0.15, -0.1) is 11.3 Å². The predicted octanol–water partition coefficient (Wildman–Crippen LogP) is 2.28. The summed E-state index contributed by atoms with van der Waals surface area (Å²) < 4.78 is 1.42. The minimum Gasteiger partial charge on any atom is -0.391 e. The van der Waals surface area contributed by atoms with E-state index in [2.05, 4.69) is 4.98 Å². The first-order valence-electron chi connectivity index (χ1n) is 7.78. The first kappa shape index (κ1) is 16.3. The zero-order valence-electron chi connectivity index (χ0n) is 13.1. The lowest BCUT2D eigenvalue weighted by Gasteiger charge is -2.15. The predicted molar refractivity (Wildman–Crippen MR) is 96.3 cm³/mol. The van der Waals surface area contributed by atoms with Gasteiger partial charge >= 0.3 is 0 Å². The third-order valence-electron chi connectivity index (χ3n) is 4.28. The lowest BCUT2D eigenvalue weighted by molar-refractivity contribution is 0.0762. The number of halogens is 1. The molecule has 3 aromatic rings. The van der Waals surface area contributed by atoms with Crippen LogP contribution in [-0.2, 0) is 0 Å². The average molecular weight is 376 g/mol. The molecule has 0 aliphatic carbocycles. The fourth-order valence-corrected chi connectivity index (χ4v) is 4.08. The molecule has 8 heteroatoms. The summed E-state index contributed by atoms with van der Waals surface area (Å²) in [5.41, 5.74) is 0.894. The van der Waals surface area contributed by atoms with E-state index in [1.54, 1.807) is 11.4 Å². The Morgan fingerprint density at radius 3 is 2.88 bits per heavy atom. The van der Waals surface area contributed by atoms with Crippen LogP contribution in [-0.4, -0.2) is 44.5 Å². The molecule has 1 unspecified atom stereocenters. The molecule has 1 N–H and O–H groups in total. The summed E-state index contributed by atoms with van der Waals surface area (Å²) in [5, 5.41) is 11.9. The number of carbonyl (C=O) groups is 1. The molecule has 0 spiro atoms. The van der Waals surface area contributed by atoms with Crippen LogP contribution in [0.2, 0.25) is 5.02 Å². The summed E-state index contributed by atoms with van der Waals surface area (Å²) in [6.45, 7) is 0.672. The van der Waals surface area contributed by atoms with Crippen LogP contribution in [0.5, 0.6) is 0 Å². The average Bonchev–Trinajstić information content (AvgIpc) is 3.22. The Hall–Kier alpha value is -2.22. The van der Waals surface area contributed by atoms with Crippen LogP contribution >= 0.6 is 22.9 Å². The minimum atomic E-state index is -0.539. The number of carbonyl (C=O) groups excluding carboxylic acids is 1.